The molecule has 16 heavy (non-hydrogen) atoms. The summed E-state index contributed by atoms with van der Waals surface area (Å²) in [6.07, 6.45) is 2.31. The lowest BCUT2D eigenvalue weighted by molar-refractivity contribution is 0.260. The van der Waals surface area contributed by atoms with E-state index in [1.165, 1.54) is 0 Å². The molecule has 0 unspecified atom stereocenters. The third-order valence-electron chi connectivity index (χ3n) is 2.37. The van der Waals surface area contributed by atoms with Crippen LogP contribution in [0.1, 0.15) is 38.2 Å². The molecule has 0 spiro atoms. The summed E-state index contributed by atoms with van der Waals surface area (Å²) >= 11 is 0. The first kappa shape index (κ1) is 12.9. The molecule has 0 radical (unpaired) electrons. The summed E-state index contributed by atoms with van der Waals surface area (Å²) in [6, 6.07) is 1.80. The minimum absolute atomic E-state index is 0.565. The zero-order valence-electron chi connectivity index (χ0n) is 10.5. The molecule has 4 heteroatoms. The summed E-state index contributed by atoms with van der Waals surface area (Å²) in [7, 11) is 0. The van der Waals surface area contributed by atoms with Gasteiger partial charge in [-0.3, -0.25) is 4.90 Å². The van der Waals surface area contributed by atoms with E-state index in [1.54, 1.807) is 6.07 Å². The maximum absolute atomic E-state index is 5.71. The predicted molar refractivity (Wildman–Crippen MR) is 67.0 cm³/mol. The Morgan fingerprint density at radius 2 is 1.81 bits per heavy atom. The molecule has 0 atom stereocenters. The van der Waals surface area contributed by atoms with E-state index in [0.717, 1.165) is 44.0 Å². The summed E-state index contributed by atoms with van der Waals surface area (Å²) < 4.78 is 0. The van der Waals surface area contributed by atoms with Crippen molar-refractivity contribution in [2.24, 2.45) is 0 Å². The number of nitrogens with zero attached hydrogens (tertiary/aromatic N) is 3. The van der Waals surface area contributed by atoms with Gasteiger partial charge in [-0.05, 0) is 32.9 Å². The highest BCUT2D eigenvalue weighted by Crippen LogP contribution is 2.06. The summed E-state index contributed by atoms with van der Waals surface area (Å²) in [6.45, 7) is 9.30. The Labute approximate surface area is 97.9 Å². The molecular formula is C12H22N4. The summed E-state index contributed by atoms with van der Waals surface area (Å²) in [5, 5.41) is 0. The first-order valence-corrected chi connectivity index (χ1v) is 5.98. The normalized spacial score (nSPS) is 11.0. The Morgan fingerprint density at radius 1 is 1.19 bits per heavy atom. The van der Waals surface area contributed by atoms with E-state index < -0.39 is 0 Å². The Morgan fingerprint density at radius 3 is 2.31 bits per heavy atom. The molecule has 1 rings (SSSR count). The van der Waals surface area contributed by atoms with E-state index in [0.29, 0.717) is 5.82 Å². The van der Waals surface area contributed by atoms with Gasteiger partial charge in [0.15, 0.2) is 0 Å². The molecule has 1 heterocycles. The van der Waals surface area contributed by atoms with Crippen LogP contribution in [0.25, 0.3) is 0 Å². The second-order valence-corrected chi connectivity index (χ2v) is 4.13. The number of nitrogen functional groups attached to an aromatic ring is 1. The van der Waals surface area contributed by atoms with Crippen LogP contribution in [0.5, 0.6) is 0 Å². The summed E-state index contributed by atoms with van der Waals surface area (Å²) in [4.78, 5) is 11.0. The van der Waals surface area contributed by atoms with Gasteiger partial charge in [-0.15, -0.1) is 0 Å². The van der Waals surface area contributed by atoms with Gasteiger partial charge in [0.05, 0.1) is 6.54 Å². The van der Waals surface area contributed by atoms with Gasteiger partial charge >= 0.3 is 0 Å². The van der Waals surface area contributed by atoms with E-state index in [4.69, 9.17) is 5.73 Å². The van der Waals surface area contributed by atoms with E-state index >= 15 is 0 Å². The lowest BCUT2D eigenvalue weighted by Crippen LogP contribution is -2.26. The smallest absolute Gasteiger partial charge is 0.144 e. The maximum atomic E-state index is 5.71. The average molecular weight is 222 g/mol. The van der Waals surface area contributed by atoms with E-state index in [2.05, 4.69) is 28.7 Å². The number of aromatic nitrogens is 2. The highest BCUT2D eigenvalue weighted by molar-refractivity contribution is 5.29. The van der Waals surface area contributed by atoms with Crippen molar-refractivity contribution in [1.82, 2.24) is 14.9 Å². The van der Waals surface area contributed by atoms with Gasteiger partial charge in [-0.25, -0.2) is 9.97 Å². The lowest BCUT2D eigenvalue weighted by Gasteiger charge is -2.20. The van der Waals surface area contributed by atoms with Gasteiger partial charge in [0.25, 0.3) is 0 Å². The van der Waals surface area contributed by atoms with Gasteiger partial charge in [0, 0.05) is 11.8 Å². The molecule has 0 fully saturated rings. The SMILES string of the molecule is CCCN(CCC)Cc1nc(C)cc(N)n1. The van der Waals surface area contributed by atoms with Gasteiger partial charge in [-0.2, -0.15) is 0 Å². The van der Waals surface area contributed by atoms with E-state index in [-0.39, 0.29) is 0 Å². The van der Waals surface area contributed by atoms with Crippen molar-refractivity contribution in [3.05, 3.63) is 17.6 Å². The summed E-state index contributed by atoms with van der Waals surface area (Å²) in [5.74, 6) is 1.40. The summed E-state index contributed by atoms with van der Waals surface area (Å²) in [5.41, 5.74) is 6.65. The van der Waals surface area contributed by atoms with Crippen molar-refractivity contribution >= 4 is 5.82 Å². The maximum Gasteiger partial charge on any atom is 0.144 e. The Balaban J connectivity index is 2.68. The van der Waals surface area contributed by atoms with Crippen LogP contribution in [0.4, 0.5) is 5.82 Å². The first-order chi connectivity index (χ1) is 7.65. The fourth-order valence-electron chi connectivity index (χ4n) is 1.83. The van der Waals surface area contributed by atoms with Crippen LogP contribution in [0.2, 0.25) is 0 Å². The molecule has 0 aliphatic heterocycles. The van der Waals surface area contributed by atoms with Gasteiger partial charge in [0.1, 0.15) is 11.6 Å². The number of aryl methyl sites for hydroxylation is 1. The number of hydrogen-bond acceptors (Lipinski definition) is 4. The third-order valence-corrected chi connectivity index (χ3v) is 2.37. The number of rotatable bonds is 6. The molecule has 0 saturated heterocycles. The van der Waals surface area contributed by atoms with Gasteiger partial charge in [0.2, 0.25) is 0 Å². The molecule has 0 amide bonds. The van der Waals surface area contributed by atoms with Gasteiger partial charge in [-0.1, -0.05) is 13.8 Å². The average Bonchev–Trinajstić information content (AvgIpc) is 2.16. The molecule has 0 aliphatic carbocycles. The zero-order valence-corrected chi connectivity index (χ0v) is 10.5. The molecule has 0 bridgehead atoms. The Hall–Kier alpha value is -1.16. The largest absolute Gasteiger partial charge is 0.384 e. The first-order valence-electron chi connectivity index (χ1n) is 5.98. The standard InChI is InChI=1S/C12H22N4/c1-4-6-16(7-5-2)9-12-14-10(3)8-11(13)15-12/h8H,4-7,9H2,1-3H3,(H2,13,14,15). The van der Waals surface area contributed by atoms with Crippen molar-refractivity contribution in [2.75, 3.05) is 18.8 Å². The lowest BCUT2D eigenvalue weighted by atomic mass is 10.3. The van der Waals surface area contributed by atoms with Crippen molar-refractivity contribution in [1.29, 1.82) is 0 Å². The van der Waals surface area contributed by atoms with Gasteiger partial charge < -0.3 is 5.73 Å². The van der Waals surface area contributed by atoms with E-state index in [9.17, 15) is 0 Å². The quantitative estimate of drug-likeness (QED) is 0.799. The molecule has 1 aromatic heterocycles. The zero-order chi connectivity index (χ0) is 12.0. The molecular weight excluding hydrogens is 200 g/mol. The number of nitrogens with two attached hydrogens (primary N) is 1. The monoisotopic (exact) mass is 222 g/mol. The molecule has 0 saturated carbocycles. The Kier molecular flexibility index (Phi) is 5.19. The van der Waals surface area contributed by atoms with E-state index in [1.807, 2.05) is 6.92 Å². The molecule has 0 aromatic carbocycles. The Bertz CT molecular complexity index is 299. The van der Waals surface area contributed by atoms with Crippen LogP contribution in [0.15, 0.2) is 6.07 Å². The number of hydrogen-bond donors (Lipinski definition) is 1. The highest BCUT2D eigenvalue weighted by Gasteiger charge is 2.07. The van der Waals surface area contributed by atoms with Crippen LogP contribution < -0.4 is 5.73 Å². The molecule has 0 aliphatic rings. The number of anilines is 1. The fourth-order valence-corrected chi connectivity index (χ4v) is 1.83. The van der Waals surface area contributed by atoms with Crippen LogP contribution in [0, 0.1) is 6.92 Å². The minimum atomic E-state index is 0.565. The molecule has 1 aromatic rings. The molecule has 90 valence electrons. The topological polar surface area (TPSA) is 55.0 Å². The second kappa shape index (κ2) is 6.43. The van der Waals surface area contributed by atoms with Crippen LogP contribution in [-0.4, -0.2) is 28.0 Å². The van der Waals surface area contributed by atoms with Crippen LogP contribution in [-0.2, 0) is 6.54 Å². The second-order valence-electron chi connectivity index (χ2n) is 4.13. The van der Waals surface area contributed by atoms with Crippen LogP contribution >= 0.6 is 0 Å². The van der Waals surface area contributed by atoms with Crippen molar-refractivity contribution in [2.45, 2.75) is 40.2 Å². The third kappa shape index (κ3) is 4.14. The van der Waals surface area contributed by atoms with Crippen molar-refractivity contribution < 1.29 is 0 Å². The van der Waals surface area contributed by atoms with Crippen molar-refractivity contribution in [3.63, 3.8) is 0 Å². The molecule has 4 nitrogen and oxygen atoms in total. The van der Waals surface area contributed by atoms with Crippen molar-refractivity contribution in [3.8, 4) is 0 Å². The predicted octanol–water partition coefficient (Wildman–Crippen LogP) is 1.99. The van der Waals surface area contributed by atoms with Crippen LogP contribution in [0.3, 0.4) is 0 Å². The minimum Gasteiger partial charge on any atom is -0.384 e. The fraction of sp³-hybridized carbons (Fsp3) is 0.667. The highest BCUT2D eigenvalue weighted by atomic mass is 15.1. The molecule has 2 N–H and O–H groups in total.